The molecule has 2 aromatic rings. The number of methoxy groups -OCH3 is 1. The number of ether oxygens (including phenoxy) is 3. The first-order valence-electron chi connectivity index (χ1n) is 13.9. The van der Waals surface area contributed by atoms with Crippen molar-refractivity contribution in [2.24, 2.45) is 5.92 Å². The summed E-state index contributed by atoms with van der Waals surface area (Å²) in [6.07, 6.45) is 6.96. The third-order valence-electron chi connectivity index (χ3n) is 7.51. The Hall–Kier alpha value is -2.81. The summed E-state index contributed by atoms with van der Waals surface area (Å²) in [5.41, 5.74) is 3.18. The summed E-state index contributed by atoms with van der Waals surface area (Å²) in [7, 11) is 3.24. The predicted octanol–water partition coefficient (Wildman–Crippen LogP) is 5.03. The van der Waals surface area contributed by atoms with Crippen molar-refractivity contribution in [1.29, 1.82) is 0 Å². The molecular weight excluding hydrogens is 518 g/mol. The average molecular weight is 558 g/mol. The van der Waals surface area contributed by atoms with Crippen LogP contribution in [0, 0.1) is 5.92 Å². The lowest BCUT2D eigenvalue weighted by atomic mass is 9.84. The molecule has 0 spiro atoms. The molecular formula is C30H40ClN3O5. The van der Waals surface area contributed by atoms with Gasteiger partial charge in [-0.25, -0.2) is 4.79 Å². The molecule has 1 heterocycles. The predicted molar refractivity (Wildman–Crippen MR) is 152 cm³/mol. The summed E-state index contributed by atoms with van der Waals surface area (Å²) in [6.45, 7) is 1.76. The number of halogens is 1. The van der Waals surface area contributed by atoms with Crippen LogP contribution in [0.2, 0.25) is 5.02 Å². The molecule has 0 bridgehead atoms. The molecule has 1 aliphatic heterocycles. The fourth-order valence-electron chi connectivity index (χ4n) is 5.65. The summed E-state index contributed by atoms with van der Waals surface area (Å²) in [5.74, 6) is 1.27. The number of hydrogen-bond donors (Lipinski definition) is 3. The van der Waals surface area contributed by atoms with E-state index in [0.717, 1.165) is 29.7 Å². The Bertz CT molecular complexity index is 1120. The number of benzene rings is 2. The first kappa shape index (κ1) is 29.2. The van der Waals surface area contributed by atoms with Crippen molar-refractivity contribution in [2.75, 3.05) is 40.5 Å². The second-order valence-electron chi connectivity index (χ2n) is 10.3. The van der Waals surface area contributed by atoms with E-state index < -0.39 is 12.2 Å². The van der Waals surface area contributed by atoms with Gasteiger partial charge in [-0.05, 0) is 54.8 Å². The molecule has 212 valence electrons. The Kier molecular flexibility index (Phi) is 10.9. The topological polar surface area (TPSA) is 97.9 Å². The van der Waals surface area contributed by atoms with Crippen LogP contribution in [0.1, 0.15) is 71.7 Å². The second kappa shape index (κ2) is 14.5. The largest absolute Gasteiger partial charge is 0.493 e. The van der Waals surface area contributed by atoms with Crippen molar-refractivity contribution in [3.63, 3.8) is 0 Å². The van der Waals surface area contributed by atoms with Gasteiger partial charge in [0.25, 0.3) is 5.91 Å². The van der Waals surface area contributed by atoms with Gasteiger partial charge in [0.1, 0.15) is 11.9 Å². The lowest BCUT2D eigenvalue weighted by Crippen LogP contribution is -2.43. The van der Waals surface area contributed by atoms with Crippen LogP contribution in [-0.4, -0.2) is 58.5 Å². The quantitative estimate of drug-likeness (QED) is 0.317. The van der Waals surface area contributed by atoms with Crippen LogP contribution in [-0.2, 0) is 15.9 Å². The van der Waals surface area contributed by atoms with Crippen molar-refractivity contribution in [2.45, 2.75) is 57.1 Å². The minimum absolute atomic E-state index is 0.0524. The molecule has 0 radical (unpaired) electrons. The molecule has 0 saturated heterocycles. The molecule has 39 heavy (non-hydrogen) atoms. The molecule has 2 aromatic carbocycles. The molecule has 2 aliphatic rings. The smallest absolute Gasteiger partial charge is 0.406 e. The number of fused-ring (bicyclic) bond motifs is 1. The van der Waals surface area contributed by atoms with E-state index in [1.807, 2.05) is 37.4 Å². The van der Waals surface area contributed by atoms with Crippen molar-refractivity contribution < 1.29 is 23.8 Å². The Morgan fingerprint density at radius 3 is 2.69 bits per heavy atom. The molecule has 2 amide bonds. The highest BCUT2D eigenvalue weighted by atomic mass is 35.5. The van der Waals surface area contributed by atoms with E-state index >= 15 is 0 Å². The number of likely N-dealkylation sites (N-methyl/N-ethyl adjacent to an activating group) is 1. The van der Waals surface area contributed by atoms with Gasteiger partial charge in [0, 0.05) is 41.7 Å². The molecule has 4 rings (SSSR count). The number of rotatable bonds is 12. The molecule has 2 unspecified atom stereocenters. The van der Waals surface area contributed by atoms with E-state index in [9.17, 15) is 9.59 Å². The van der Waals surface area contributed by atoms with Crippen LogP contribution >= 0.6 is 11.6 Å². The monoisotopic (exact) mass is 557 g/mol. The summed E-state index contributed by atoms with van der Waals surface area (Å²) >= 11 is 6.32. The molecule has 0 aromatic heterocycles. The van der Waals surface area contributed by atoms with Crippen molar-refractivity contribution in [1.82, 2.24) is 16.0 Å². The number of nitrogens with one attached hydrogen (secondary N) is 3. The maximum Gasteiger partial charge on any atom is 0.406 e. The Balaban J connectivity index is 1.58. The maximum absolute atomic E-state index is 13.7. The minimum atomic E-state index is -0.521. The Morgan fingerprint density at radius 1 is 1.13 bits per heavy atom. The van der Waals surface area contributed by atoms with Gasteiger partial charge in [-0.2, -0.15) is 0 Å². The number of amides is 2. The van der Waals surface area contributed by atoms with Crippen LogP contribution < -0.4 is 20.7 Å². The van der Waals surface area contributed by atoms with Crippen LogP contribution in [0.25, 0.3) is 0 Å². The summed E-state index contributed by atoms with van der Waals surface area (Å²) in [4.78, 5) is 25.2. The zero-order valence-electron chi connectivity index (χ0n) is 22.9. The number of alkyl carbamates (subject to hydrolysis) is 1. The molecule has 1 aliphatic carbocycles. The zero-order chi connectivity index (χ0) is 27.6. The van der Waals surface area contributed by atoms with Gasteiger partial charge in [0.05, 0.1) is 20.3 Å². The molecule has 8 nitrogen and oxygen atoms in total. The maximum atomic E-state index is 13.7. The third-order valence-corrected chi connectivity index (χ3v) is 7.74. The highest BCUT2D eigenvalue weighted by Gasteiger charge is 2.27. The lowest BCUT2D eigenvalue weighted by molar-refractivity contribution is 0.0802. The fraction of sp³-hybridized carbons (Fsp3) is 0.533. The van der Waals surface area contributed by atoms with Crippen LogP contribution in [0.3, 0.4) is 0 Å². The molecule has 1 fully saturated rings. The standard InChI is InChI=1S/C30H40ClN3O5/c1-32-19-24(15-20-7-4-3-5-8-20)34-29(35)26-17-22(18-27-25(26)11-13-38-27)28(21-9-6-10-23(31)16-21)39-14-12-33-30(36)37-2/h6,9-10,16-18,20,24,28,32H,3-5,7-8,11-15,19H2,1-2H3,(H,33,36)(H,34,35). The van der Waals surface area contributed by atoms with Gasteiger partial charge in [-0.3, -0.25) is 4.79 Å². The van der Waals surface area contributed by atoms with Gasteiger partial charge in [-0.1, -0.05) is 55.8 Å². The van der Waals surface area contributed by atoms with Crippen molar-refractivity contribution >= 4 is 23.6 Å². The Morgan fingerprint density at radius 2 is 1.95 bits per heavy atom. The molecule has 2 atom stereocenters. The minimum Gasteiger partial charge on any atom is -0.493 e. The lowest BCUT2D eigenvalue weighted by Gasteiger charge is -2.27. The van der Waals surface area contributed by atoms with Gasteiger partial charge < -0.3 is 30.2 Å². The second-order valence-corrected chi connectivity index (χ2v) is 10.8. The summed E-state index contributed by atoms with van der Waals surface area (Å²) in [6, 6.07) is 11.4. The van der Waals surface area contributed by atoms with Gasteiger partial charge in [0.2, 0.25) is 0 Å². The van der Waals surface area contributed by atoms with E-state index in [4.69, 9.17) is 21.1 Å². The third kappa shape index (κ3) is 8.10. The van der Waals surface area contributed by atoms with Crippen molar-refractivity contribution in [3.05, 3.63) is 63.7 Å². The van der Waals surface area contributed by atoms with Gasteiger partial charge >= 0.3 is 6.09 Å². The van der Waals surface area contributed by atoms with Gasteiger partial charge in [0.15, 0.2) is 0 Å². The Labute approximate surface area is 236 Å². The van der Waals surface area contributed by atoms with E-state index in [0.29, 0.717) is 35.3 Å². The summed E-state index contributed by atoms with van der Waals surface area (Å²) < 4.78 is 16.8. The van der Waals surface area contributed by atoms with Crippen molar-refractivity contribution in [3.8, 4) is 5.75 Å². The van der Waals surface area contributed by atoms with Gasteiger partial charge in [-0.15, -0.1) is 0 Å². The van der Waals surface area contributed by atoms with E-state index in [1.54, 1.807) is 6.07 Å². The fourth-order valence-corrected chi connectivity index (χ4v) is 5.85. The highest BCUT2D eigenvalue weighted by Crippen LogP contribution is 2.36. The van der Waals surface area contributed by atoms with Crippen LogP contribution in [0.15, 0.2) is 36.4 Å². The average Bonchev–Trinajstić information content (AvgIpc) is 3.42. The first-order chi connectivity index (χ1) is 19.0. The van der Waals surface area contributed by atoms with Crippen LogP contribution in [0.5, 0.6) is 5.75 Å². The number of carbonyl (C=O) groups is 2. The normalized spacial score (nSPS) is 16.6. The van der Waals surface area contributed by atoms with E-state index in [1.165, 1.54) is 39.2 Å². The zero-order valence-corrected chi connectivity index (χ0v) is 23.6. The number of hydrogen-bond acceptors (Lipinski definition) is 6. The van der Waals surface area contributed by atoms with E-state index in [2.05, 4.69) is 20.7 Å². The molecule has 9 heteroatoms. The number of carbonyl (C=O) groups excluding carboxylic acids is 2. The van der Waals surface area contributed by atoms with Crippen LogP contribution in [0.4, 0.5) is 4.79 Å². The summed E-state index contributed by atoms with van der Waals surface area (Å²) in [5, 5.41) is 9.79. The molecule has 3 N–H and O–H groups in total. The first-order valence-corrected chi connectivity index (χ1v) is 14.3. The SMILES string of the molecule is CNCC(CC1CCCCC1)NC(=O)c1cc(C(OCCNC(=O)OC)c2cccc(Cl)c2)cc2c1CCO2. The molecule has 1 saturated carbocycles. The van der Waals surface area contributed by atoms with E-state index in [-0.39, 0.29) is 25.1 Å². The highest BCUT2D eigenvalue weighted by molar-refractivity contribution is 6.30.